The minimum atomic E-state index is 0.289. The van der Waals surface area contributed by atoms with Crippen molar-refractivity contribution < 1.29 is 9.47 Å². The van der Waals surface area contributed by atoms with Crippen LogP contribution < -0.4 is 9.47 Å². The number of hydrogen-bond acceptors (Lipinski definition) is 5. The molecule has 1 aliphatic rings. The number of fused-ring (bicyclic) bond motifs is 1. The molecule has 6 heteroatoms. The van der Waals surface area contributed by atoms with Gasteiger partial charge in [-0.15, -0.1) is 11.3 Å². The fraction of sp³-hybridized carbons (Fsp3) is 0.143. The van der Waals surface area contributed by atoms with Crippen LogP contribution in [0.15, 0.2) is 36.0 Å². The summed E-state index contributed by atoms with van der Waals surface area (Å²) in [7, 11) is 1.90. The second kappa shape index (κ2) is 4.35. The zero-order valence-corrected chi connectivity index (χ0v) is 11.6. The van der Waals surface area contributed by atoms with Crippen LogP contribution in [-0.2, 0) is 7.05 Å². The van der Waals surface area contributed by atoms with Gasteiger partial charge in [-0.05, 0) is 18.2 Å². The van der Waals surface area contributed by atoms with Gasteiger partial charge in [0.25, 0.3) is 0 Å². The molecule has 4 rings (SSSR count). The third-order valence-electron chi connectivity index (χ3n) is 3.12. The number of rotatable bonds is 2. The summed E-state index contributed by atoms with van der Waals surface area (Å²) in [5, 5.41) is 7.17. The van der Waals surface area contributed by atoms with Gasteiger partial charge >= 0.3 is 0 Å². The molecule has 0 spiro atoms. The van der Waals surface area contributed by atoms with Gasteiger partial charge in [-0.25, -0.2) is 4.98 Å². The Kier molecular flexibility index (Phi) is 2.50. The molecule has 0 N–H and O–H groups in total. The maximum absolute atomic E-state index is 5.40. The van der Waals surface area contributed by atoms with E-state index in [2.05, 4.69) is 10.1 Å². The van der Waals surface area contributed by atoms with E-state index in [1.54, 1.807) is 16.0 Å². The Hall–Kier alpha value is -2.34. The van der Waals surface area contributed by atoms with E-state index < -0.39 is 0 Å². The van der Waals surface area contributed by atoms with Crippen molar-refractivity contribution in [1.82, 2.24) is 14.8 Å². The molecule has 1 aromatic carbocycles. The molecule has 0 bridgehead atoms. The van der Waals surface area contributed by atoms with E-state index in [9.17, 15) is 0 Å². The molecule has 5 nitrogen and oxygen atoms in total. The van der Waals surface area contributed by atoms with Crippen molar-refractivity contribution in [2.24, 2.45) is 7.05 Å². The molecule has 0 fully saturated rings. The summed E-state index contributed by atoms with van der Waals surface area (Å²) < 4.78 is 12.5. The molecular formula is C14H11N3O2S. The van der Waals surface area contributed by atoms with Crippen molar-refractivity contribution >= 4 is 11.3 Å². The van der Waals surface area contributed by atoms with E-state index in [0.29, 0.717) is 0 Å². The van der Waals surface area contributed by atoms with Crippen molar-refractivity contribution in [3.8, 4) is 33.3 Å². The number of aryl methyl sites for hydroxylation is 1. The summed E-state index contributed by atoms with van der Waals surface area (Å²) in [6, 6.07) is 5.89. The van der Waals surface area contributed by atoms with Crippen LogP contribution in [0.25, 0.3) is 21.8 Å². The van der Waals surface area contributed by atoms with Crippen LogP contribution in [0.1, 0.15) is 0 Å². The van der Waals surface area contributed by atoms with E-state index in [1.807, 2.05) is 43.0 Å². The molecule has 2 aromatic heterocycles. The number of hydrogen-bond donors (Lipinski definition) is 0. The fourth-order valence-corrected chi connectivity index (χ4v) is 2.95. The van der Waals surface area contributed by atoms with E-state index in [4.69, 9.17) is 9.47 Å². The van der Waals surface area contributed by atoms with Crippen LogP contribution in [-0.4, -0.2) is 21.6 Å². The molecule has 20 heavy (non-hydrogen) atoms. The molecular weight excluding hydrogens is 274 g/mol. The number of benzene rings is 1. The summed E-state index contributed by atoms with van der Waals surface area (Å²) in [5.41, 5.74) is 3.00. The average molecular weight is 285 g/mol. The van der Waals surface area contributed by atoms with Gasteiger partial charge in [0.1, 0.15) is 5.01 Å². The van der Waals surface area contributed by atoms with Crippen molar-refractivity contribution in [2.45, 2.75) is 0 Å². The molecule has 3 aromatic rings. The number of nitrogens with zero attached hydrogens (tertiary/aromatic N) is 3. The summed E-state index contributed by atoms with van der Waals surface area (Å²) >= 11 is 1.61. The average Bonchev–Trinajstić information content (AvgIpc) is 3.17. The maximum atomic E-state index is 5.40. The molecule has 100 valence electrons. The SMILES string of the molecule is Cn1cc(-c2csc(-c3ccc4c(c3)OCO4)n2)cn1. The molecule has 0 saturated carbocycles. The highest BCUT2D eigenvalue weighted by atomic mass is 32.1. The minimum absolute atomic E-state index is 0.289. The standard InChI is InChI=1S/C14H11N3O2S/c1-17-6-10(5-15-17)11-7-20-14(16-11)9-2-3-12-13(4-9)19-8-18-12/h2-7H,8H2,1H3. The predicted octanol–water partition coefficient (Wildman–Crippen LogP) is 2.94. The van der Waals surface area contributed by atoms with Crippen LogP contribution >= 0.6 is 11.3 Å². The molecule has 0 saturated heterocycles. The van der Waals surface area contributed by atoms with Gasteiger partial charge in [0.15, 0.2) is 11.5 Å². The number of ether oxygens (including phenoxy) is 2. The molecule has 3 heterocycles. The quantitative estimate of drug-likeness (QED) is 0.726. The van der Waals surface area contributed by atoms with Gasteiger partial charge in [0, 0.05) is 29.8 Å². The van der Waals surface area contributed by atoms with Crippen molar-refractivity contribution in [3.05, 3.63) is 36.0 Å². The molecule has 0 atom stereocenters. The first-order valence-corrected chi connectivity index (χ1v) is 7.02. The van der Waals surface area contributed by atoms with Crippen LogP contribution in [0, 0.1) is 0 Å². The van der Waals surface area contributed by atoms with Crippen molar-refractivity contribution in [3.63, 3.8) is 0 Å². The molecule has 0 aliphatic carbocycles. The lowest BCUT2D eigenvalue weighted by Crippen LogP contribution is -1.92. The van der Waals surface area contributed by atoms with Gasteiger partial charge in [-0.1, -0.05) is 0 Å². The topological polar surface area (TPSA) is 49.2 Å². The summed E-state index contributed by atoms with van der Waals surface area (Å²) in [5.74, 6) is 1.57. The number of thiazole rings is 1. The van der Waals surface area contributed by atoms with Crippen LogP contribution in [0.5, 0.6) is 11.5 Å². The Morgan fingerprint density at radius 2 is 2.10 bits per heavy atom. The van der Waals surface area contributed by atoms with E-state index in [0.717, 1.165) is 33.3 Å². The summed E-state index contributed by atoms with van der Waals surface area (Å²) in [6.45, 7) is 0.289. The first-order valence-electron chi connectivity index (χ1n) is 6.14. The highest BCUT2D eigenvalue weighted by Gasteiger charge is 2.15. The smallest absolute Gasteiger partial charge is 0.231 e. The molecule has 0 radical (unpaired) electrons. The molecule has 0 unspecified atom stereocenters. The van der Waals surface area contributed by atoms with Gasteiger partial charge in [0.2, 0.25) is 6.79 Å². The van der Waals surface area contributed by atoms with Crippen LogP contribution in [0.4, 0.5) is 0 Å². The monoisotopic (exact) mass is 285 g/mol. The fourth-order valence-electron chi connectivity index (χ4n) is 2.12. The van der Waals surface area contributed by atoms with E-state index >= 15 is 0 Å². The van der Waals surface area contributed by atoms with Crippen molar-refractivity contribution in [1.29, 1.82) is 0 Å². The minimum Gasteiger partial charge on any atom is -0.454 e. The predicted molar refractivity (Wildman–Crippen MR) is 75.9 cm³/mol. The Balaban J connectivity index is 1.71. The second-order valence-electron chi connectivity index (χ2n) is 4.51. The lowest BCUT2D eigenvalue weighted by molar-refractivity contribution is 0.174. The Morgan fingerprint density at radius 1 is 1.20 bits per heavy atom. The third kappa shape index (κ3) is 1.85. The molecule has 0 amide bonds. The maximum Gasteiger partial charge on any atom is 0.231 e. The van der Waals surface area contributed by atoms with Crippen LogP contribution in [0.2, 0.25) is 0 Å². The van der Waals surface area contributed by atoms with Gasteiger partial charge in [-0.2, -0.15) is 5.10 Å². The van der Waals surface area contributed by atoms with Crippen LogP contribution in [0.3, 0.4) is 0 Å². The Bertz CT molecular complexity index is 778. The first-order chi connectivity index (χ1) is 9.79. The number of aromatic nitrogens is 3. The second-order valence-corrected chi connectivity index (χ2v) is 5.37. The molecule has 1 aliphatic heterocycles. The lowest BCUT2D eigenvalue weighted by Gasteiger charge is -1.99. The van der Waals surface area contributed by atoms with Gasteiger partial charge < -0.3 is 9.47 Å². The highest BCUT2D eigenvalue weighted by Crippen LogP contribution is 2.37. The highest BCUT2D eigenvalue weighted by molar-refractivity contribution is 7.13. The normalized spacial score (nSPS) is 12.8. The van der Waals surface area contributed by atoms with Gasteiger partial charge in [0.05, 0.1) is 11.9 Å². The summed E-state index contributed by atoms with van der Waals surface area (Å²) in [4.78, 5) is 4.66. The largest absolute Gasteiger partial charge is 0.454 e. The zero-order valence-electron chi connectivity index (χ0n) is 10.7. The van der Waals surface area contributed by atoms with E-state index in [1.165, 1.54) is 0 Å². The van der Waals surface area contributed by atoms with Gasteiger partial charge in [-0.3, -0.25) is 4.68 Å². The Labute approximate surface area is 119 Å². The third-order valence-corrected chi connectivity index (χ3v) is 4.02. The summed E-state index contributed by atoms with van der Waals surface area (Å²) in [6.07, 6.45) is 3.77. The van der Waals surface area contributed by atoms with Crippen molar-refractivity contribution in [2.75, 3.05) is 6.79 Å². The Morgan fingerprint density at radius 3 is 2.95 bits per heavy atom. The zero-order chi connectivity index (χ0) is 13.5. The first kappa shape index (κ1) is 11.5. The lowest BCUT2D eigenvalue weighted by atomic mass is 10.2. The van der Waals surface area contributed by atoms with E-state index in [-0.39, 0.29) is 6.79 Å².